The van der Waals surface area contributed by atoms with E-state index in [1.807, 2.05) is 0 Å². The van der Waals surface area contributed by atoms with E-state index in [0.717, 1.165) is 26.2 Å². The molecule has 1 fully saturated rings. The fraction of sp³-hybridized carbons (Fsp3) is 0.259. The smallest absolute Gasteiger partial charge is 0.0658 e. The first-order valence-corrected chi connectivity index (χ1v) is 10.6. The number of morpholine rings is 1. The van der Waals surface area contributed by atoms with Crippen LogP contribution in [0.4, 0.5) is 0 Å². The van der Waals surface area contributed by atoms with Gasteiger partial charge < -0.3 is 4.74 Å². The molecule has 2 heteroatoms. The first-order valence-electron chi connectivity index (χ1n) is 10.6. The van der Waals surface area contributed by atoms with Crippen LogP contribution in [0.2, 0.25) is 0 Å². The van der Waals surface area contributed by atoms with Gasteiger partial charge in [0.25, 0.3) is 0 Å². The second kappa shape index (κ2) is 6.98. The molecule has 2 bridgehead atoms. The molecule has 3 aliphatic rings. The summed E-state index contributed by atoms with van der Waals surface area (Å²) in [6.45, 7) is 2.63. The third-order valence-electron chi connectivity index (χ3n) is 6.78. The van der Waals surface area contributed by atoms with Crippen molar-refractivity contribution in [3.05, 3.63) is 107 Å². The highest BCUT2D eigenvalue weighted by Gasteiger charge is 2.39. The van der Waals surface area contributed by atoms with Gasteiger partial charge in [-0.25, -0.2) is 0 Å². The molecular weight excluding hydrogens is 354 g/mol. The molecule has 0 saturated carbocycles. The predicted octanol–water partition coefficient (Wildman–Crippen LogP) is 5.40. The molecule has 0 N–H and O–H groups in total. The molecule has 2 heterocycles. The molecule has 29 heavy (non-hydrogen) atoms. The fourth-order valence-corrected chi connectivity index (χ4v) is 5.50. The number of ether oxygens (including phenoxy) is 1. The van der Waals surface area contributed by atoms with Crippen molar-refractivity contribution in [2.24, 2.45) is 0 Å². The minimum Gasteiger partial charge on any atom is -0.378 e. The van der Waals surface area contributed by atoms with Crippen LogP contribution in [0, 0.1) is 0 Å². The quantitative estimate of drug-likeness (QED) is 0.565. The number of fused-ring (bicyclic) bond motifs is 5. The molecular formula is C27H25NO. The molecule has 144 valence electrons. The van der Waals surface area contributed by atoms with Crippen LogP contribution >= 0.6 is 0 Å². The lowest BCUT2D eigenvalue weighted by Crippen LogP contribution is -2.53. The monoisotopic (exact) mass is 379 g/mol. The van der Waals surface area contributed by atoms with E-state index in [9.17, 15) is 0 Å². The molecule has 2 atom stereocenters. The van der Waals surface area contributed by atoms with E-state index < -0.39 is 0 Å². The molecule has 0 aromatic heterocycles. The summed E-state index contributed by atoms with van der Waals surface area (Å²) in [7, 11) is 0. The van der Waals surface area contributed by atoms with E-state index in [4.69, 9.17) is 4.74 Å². The van der Waals surface area contributed by atoms with Gasteiger partial charge in [0, 0.05) is 18.5 Å². The highest BCUT2D eigenvalue weighted by molar-refractivity contribution is 5.80. The summed E-state index contributed by atoms with van der Waals surface area (Å²) in [4.78, 5) is 2.65. The van der Waals surface area contributed by atoms with Crippen molar-refractivity contribution in [1.29, 1.82) is 0 Å². The number of benzene rings is 3. The van der Waals surface area contributed by atoms with Crippen molar-refractivity contribution in [2.45, 2.75) is 31.0 Å². The van der Waals surface area contributed by atoms with E-state index in [1.54, 1.807) is 5.57 Å². The lowest BCUT2D eigenvalue weighted by Gasteiger charge is -2.45. The van der Waals surface area contributed by atoms with Crippen molar-refractivity contribution >= 4 is 0 Å². The van der Waals surface area contributed by atoms with E-state index in [1.165, 1.54) is 27.8 Å². The Morgan fingerprint density at radius 1 is 0.759 bits per heavy atom. The third-order valence-corrected chi connectivity index (χ3v) is 6.78. The largest absolute Gasteiger partial charge is 0.378 e. The highest BCUT2D eigenvalue weighted by Crippen LogP contribution is 2.50. The molecule has 0 amide bonds. The zero-order valence-electron chi connectivity index (χ0n) is 16.5. The number of rotatable bonds is 3. The second-order valence-corrected chi connectivity index (χ2v) is 8.47. The second-order valence-electron chi connectivity index (χ2n) is 8.47. The molecule has 2 aliphatic heterocycles. The van der Waals surface area contributed by atoms with Gasteiger partial charge in [-0.05, 0) is 34.2 Å². The lowest BCUT2D eigenvalue weighted by atomic mass is 9.81. The predicted molar refractivity (Wildman–Crippen MR) is 117 cm³/mol. The Hall–Kier alpha value is -2.68. The van der Waals surface area contributed by atoms with Gasteiger partial charge in [-0.3, -0.25) is 4.90 Å². The molecule has 2 nitrogen and oxygen atoms in total. The van der Waals surface area contributed by atoms with E-state index in [0.29, 0.717) is 18.0 Å². The van der Waals surface area contributed by atoms with Crippen LogP contribution in [-0.4, -0.2) is 30.2 Å². The van der Waals surface area contributed by atoms with Crippen molar-refractivity contribution < 1.29 is 4.74 Å². The normalized spacial score (nSPS) is 23.4. The Morgan fingerprint density at radius 2 is 1.41 bits per heavy atom. The van der Waals surface area contributed by atoms with Gasteiger partial charge in [0.15, 0.2) is 0 Å². The summed E-state index contributed by atoms with van der Waals surface area (Å²) in [5, 5.41) is 0. The van der Waals surface area contributed by atoms with Crippen molar-refractivity contribution in [3.8, 4) is 11.1 Å². The van der Waals surface area contributed by atoms with Crippen LogP contribution in [0.3, 0.4) is 0 Å². The van der Waals surface area contributed by atoms with Crippen LogP contribution in [-0.2, 0) is 11.3 Å². The molecule has 0 spiro atoms. The first-order chi connectivity index (χ1) is 14.4. The Kier molecular flexibility index (Phi) is 4.14. The highest BCUT2D eigenvalue weighted by atomic mass is 16.5. The minimum absolute atomic E-state index is 0.359. The topological polar surface area (TPSA) is 12.5 Å². The van der Waals surface area contributed by atoms with E-state index in [2.05, 4.69) is 89.8 Å². The molecule has 6 rings (SSSR count). The average Bonchev–Trinajstić information content (AvgIpc) is 3.09. The van der Waals surface area contributed by atoms with Crippen LogP contribution in [0.25, 0.3) is 11.1 Å². The summed E-state index contributed by atoms with van der Waals surface area (Å²) < 4.78 is 5.97. The summed E-state index contributed by atoms with van der Waals surface area (Å²) in [5.74, 6) is 0.393. The lowest BCUT2D eigenvalue weighted by molar-refractivity contribution is -0.0443. The number of hydrogen-bond acceptors (Lipinski definition) is 2. The average molecular weight is 380 g/mol. The van der Waals surface area contributed by atoms with Crippen LogP contribution in [0.1, 0.15) is 29.0 Å². The van der Waals surface area contributed by atoms with Crippen LogP contribution in [0.5, 0.6) is 0 Å². The molecule has 1 saturated heterocycles. The maximum atomic E-state index is 5.97. The van der Waals surface area contributed by atoms with Crippen molar-refractivity contribution in [2.75, 3.05) is 13.2 Å². The zero-order valence-corrected chi connectivity index (χ0v) is 16.5. The van der Waals surface area contributed by atoms with E-state index in [-0.39, 0.29) is 0 Å². The van der Waals surface area contributed by atoms with Gasteiger partial charge in [-0.15, -0.1) is 0 Å². The number of hydrogen-bond donors (Lipinski definition) is 0. The Balaban J connectivity index is 1.38. The molecule has 0 radical (unpaired) electrons. The minimum atomic E-state index is 0.359. The zero-order chi connectivity index (χ0) is 19.2. The summed E-state index contributed by atoms with van der Waals surface area (Å²) >= 11 is 0. The van der Waals surface area contributed by atoms with Gasteiger partial charge in [-0.1, -0.05) is 90.5 Å². The SMILES string of the molecule is C1=C(C2c3ccccc3-c3ccccc32)CC2COCC1N2Cc1ccccc1. The first kappa shape index (κ1) is 17.2. The van der Waals surface area contributed by atoms with Crippen molar-refractivity contribution in [1.82, 2.24) is 4.90 Å². The van der Waals surface area contributed by atoms with Gasteiger partial charge >= 0.3 is 0 Å². The Morgan fingerprint density at radius 3 is 2.10 bits per heavy atom. The van der Waals surface area contributed by atoms with Crippen LogP contribution < -0.4 is 0 Å². The Bertz CT molecular complexity index is 1030. The standard InChI is InChI=1S/C27H25NO/c1-2-8-19(9-3-1)16-28-21-14-20(15-22(28)18-29-17-21)27-25-12-6-4-10-23(25)24-11-5-7-13-26(24)27/h1-14,21-22,27H,15-18H2. The number of nitrogens with zero attached hydrogens (tertiary/aromatic N) is 1. The van der Waals surface area contributed by atoms with Crippen LogP contribution in [0.15, 0.2) is 90.5 Å². The van der Waals surface area contributed by atoms with Gasteiger partial charge in [0.1, 0.15) is 0 Å². The van der Waals surface area contributed by atoms with Crippen molar-refractivity contribution in [3.63, 3.8) is 0 Å². The Labute approximate surface area is 172 Å². The molecule has 3 aromatic rings. The maximum absolute atomic E-state index is 5.97. The summed E-state index contributed by atoms with van der Waals surface area (Å²) in [6, 6.07) is 29.6. The molecule has 1 aliphatic carbocycles. The maximum Gasteiger partial charge on any atom is 0.0658 e. The molecule has 2 unspecified atom stereocenters. The summed E-state index contributed by atoms with van der Waals surface area (Å²) in [5.41, 5.74) is 8.71. The summed E-state index contributed by atoms with van der Waals surface area (Å²) in [6.07, 6.45) is 3.60. The van der Waals surface area contributed by atoms with Gasteiger partial charge in [0.05, 0.1) is 19.3 Å². The van der Waals surface area contributed by atoms with Gasteiger partial charge in [0.2, 0.25) is 0 Å². The third kappa shape index (κ3) is 2.87. The fourth-order valence-electron chi connectivity index (χ4n) is 5.50. The molecule has 3 aromatic carbocycles. The van der Waals surface area contributed by atoms with Gasteiger partial charge in [-0.2, -0.15) is 0 Å². The van der Waals surface area contributed by atoms with E-state index >= 15 is 0 Å².